The van der Waals surface area contributed by atoms with Crippen LogP contribution in [0.1, 0.15) is 38.6 Å². The van der Waals surface area contributed by atoms with Gasteiger partial charge in [0.15, 0.2) is 4.77 Å². The number of fused-ring (bicyclic) bond motifs is 1. The molecule has 0 unspecified atom stereocenters. The van der Waals surface area contributed by atoms with Crippen molar-refractivity contribution in [3.05, 3.63) is 23.0 Å². The Hall–Kier alpha value is -1.29. The first-order chi connectivity index (χ1) is 9.20. The van der Waals surface area contributed by atoms with Crippen LogP contribution in [0.5, 0.6) is 5.75 Å². The van der Waals surface area contributed by atoms with E-state index in [0.717, 1.165) is 22.0 Å². The third kappa shape index (κ3) is 2.18. The molecular formula is C15H20N2OS. The molecule has 0 atom stereocenters. The molecule has 0 aliphatic heterocycles. The molecule has 0 bridgehead atoms. The summed E-state index contributed by atoms with van der Waals surface area (Å²) in [6.45, 7) is 2.34. The molecule has 4 heteroatoms. The Balaban J connectivity index is 2.08. The topological polar surface area (TPSA) is 29.9 Å². The number of benzene rings is 1. The lowest BCUT2D eigenvalue weighted by Crippen LogP contribution is -2.16. The number of nitrogens with one attached hydrogen (secondary N) is 1. The third-order valence-corrected chi connectivity index (χ3v) is 4.58. The fraction of sp³-hybridized carbons (Fsp3) is 0.533. The molecule has 0 radical (unpaired) electrons. The number of aromatic nitrogens is 2. The molecule has 1 aliphatic carbocycles. The summed E-state index contributed by atoms with van der Waals surface area (Å²) in [6, 6.07) is 6.67. The van der Waals surface area contributed by atoms with Gasteiger partial charge in [-0.05, 0) is 56.0 Å². The van der Waals surface area contributed by atoms with Crippen LogP contribution in [-0.2, 0) is 0 Å². The summed E-state index contributed by atoms with van der Waals surface area (Å²) >= 11 is 5.52. The predicted molar refractivity (Wildman–Crippen MR) is 80.3 cm³/mol. The van der Waals surface area contributed by atoms with Gasteiger partial charge in [-0.3, -0.25) is 0 Å². The van der Waals surface area contributed by atoms with Crippen molar-refractivity contribution in [2.45, 2.75) is 38.6 Å². The van der Waals surface area contributed by atoms with Gasteiger partial charge in [0.1, 0.15) is 11.3 Å². The summed E-state index contributed by atoms with van der Waals surface area (Å²) in [5.41, 5.74) is 2.19. The van der Waals surface area contributed by atoms with Gasteiger partial charge >= 0.3 is 0 Å². The second-order valence-corrected chi connectivity index (χ2v) is 5.95. The van der Waals surface area contributed by atoms with Crippen molar-refractivity contribution < 1.29 is 4.74 Å². The molecule has 2 aromatic rings. The zero-order valence-corrected chi connectivity index (χ0v) is 12.3. The molecule has 19 heavy (non-hydrogen) atoms. The van der Waals surface area contributed by atoms with E-state index in [-0.39, 0.29) is 0 Å². The van der Waals surface area contributed by atoms with Crippen molar-refractivity contribution in [2.24, 2.45) is 5.92 Å². The van der Waals surface area contributed by atoms with Crippen LogP contribution in [-0.4, -0.2) is 16.7 Å². The van der Waals surface area contributed by atoms with E-state index in [1.807, 2.05) is 12.1 Å². The lowest BCUT2D eigenvalue weighted by molar-refractivity contribution is 0.292. The van der Waals surface area contributed by atoms with Gasteiger partial charge in [-0.25, -0.2) is 0 Å². The van der Waals surface area contributed by atoms with Gasteiger partial charge in [-0.2, -0.15) is 0 Å². The highest BCUT2D eigenvalue weighted by Crippen LogP contribution is 2.35. The van der Waals surface area contributed by atoms with E-state index < -0.39 is 0 Å². The van der Waals surface area contributed by atoms with Crippen LogP contribution >= 0.6 is 12.2 Å². The molecule has 1 aromatic carbocycles. The third-order valence-electron chi connectivity index (χ3n) is 4.28. The maximum absolute atomic E-state index is 5.52. The minimum absolute atomic E-state index is 0.532. The molecule has 1 aliphatic rings. The average Bonchev–Trinajstić information content (AvgIpc) is 2.76. The van der Waals surface area contributed by atoms with Crippen molar-refractivity contribution in [2.75, 3.05) is 7.11 Å². The first-order valence-corrected chi connectivity index (χ1v) is 7.38. The number of hydrogen-bond acceptors (Lipinski definition) is 2. The number of aromatic amines is 1. The van der Waals surface area contributed by atoms with E-state index in [1.54, 1.807) is 7.11 Å². The Morgan fingerprint density at radius 1 is 1.26 bits per heavy atom. The van der Waals surface area contributed by atoms with Crippen molar-refractivity contribution in [3.63, 3.8) is 0 Å². The standard InChI is InChI=1S/C15H20N2OS/c1-10-6-8-11(9-7-10)17-12-4-3-5-13(18-2)14(12)16-15(17)19/h3-5,10-11H,6-9H2,1-2H3,(H,16,19). The lowest BCUT2D eigenvalue weighted by Gasteiger charge is -2.27. The van der Waals surface area contributed by atoms with E-state index in [4.69, 9.17) is 17.0 Å². The Bertz CT molecular complexity index is 635. The normalized spacial score (nSPS) is 23.7. The van der Waals surface area contributed by atoms with Gasteiger partial charge in [-0.15, -0.1) is 0 Å². The largest absolute Gasteiger partial charge is 0.494 e. The molecule has 1 heterocycles. The second-order valence-electron chi connectivity index (χ2n) is 5.57. The van der Waals surface area contributed by atoms with Crippen molar-refractivity contribution in [1.29, 1.82) is 0 Å². The second kappa shape index (κ2) is 5.00. The van der Waals surface area contributed by atoms with Crippen molar-refractivity contribution in [1.82, 2.24) is 9.55 Å². The summed E-state index contributed by atoms with van der Waals surface area (Å²) in [6.07, 6.45) is 5.03. The number of methoxy groups -OCH3 is 1. The summed E-state index contributed by atoms with van der Waals surface area (Å²) in [5, 5.41) is 0. The number of nitrogens with zero attached hydrogens (tertiary/aromatic N) is 1. The van der Waals surface area contributed by atoms with E-state index in [2.05, 4.69) is 22.5 Å². The Labute approximate surface area is 118 Å². The maximum Gasteiger partial charge on any atom is 0.178 e. The smallest absolute Gasteiger partial charge is 0.178 e. The van der Waals surface area contributed by atoms with Gasteiger partial charge in [-0.1, -0.05) is 13.0 Å². The molecule has 3 rings (SSSR count). The van der Waals surface area contributed by atoms with Crippen LogP contribution < -0.4 is 4.74 Å². The molecule has 0 amide bonds. The summed E-state index contributed by atoms with van der Waals surface area (Å²) in [4.78, 5) is 3.31. The highest BCUT2D eigenvalue weighted by Gasteiger charge is 2.22. The Kier molecular flexibility index (Phi) is 3.35. The van der Waals surface area contributed by atoms with Crippen molar-refractivity contribution in [3.8, 4) is 5.75 Å². The molecule has 1 saturated carbocycles. The summed E-state index contributed by atoms with van der Waals surface area (Å²) in [5.74, 6) is 1.72. The van der Waals surface area contributed by atoms with Gasteiger partial charge in [0.25, 0.3) is 0 Å². The van der Waals surface area contributed by atoms with E-state index in [9.17, 15) is 0 Å². The quantitative estimate of drug-likeness (QED) is 0.821. The fourth-order valence-corrected chi connectivity index (χ4v) is 3.51. The lowest BCUT2D eigenvalue weighted by atomic mass is 9.87. The van der Waals surface area contributed by atoms with Crippen LogP contribution in [0.15, 0.2) is 18.2 Å². The minimum Gasteiger partial charge on any atom is -0.494 e. The zero-order chi connectivity index (χ0) is 13.4. The van der Waals surface area contributed by atoms with Crippen LogP contribution in [0.25, 0.3) is 11.0 Å². The molecular weight excluding hydrogens is 256 g/mol. The Morgan fingerprint density at radius 2 is 2.00 bits per heavy atom. The number of ether oxygens (including phenoxy) is 1. The van der Waals surface area contributed by atoms with Gasteiger partial charge in [0.05, 0.1) is 12.6 Å². The molecule has 0 spiro atoms. The summed E-state index contributed by atoms with van der Waals surface area (Å²) < 4.78 is 8.52. The van der Waals surface area contributed by atoms with Gasteiger partial charge in [0.2, 0.25) is 0 Å². The highest BCUT2D eigenvalue weighted by molar-refractivity contribution is 7.71. The van der Waals surface area contributed by atoms with E-state index in [1.165, 1.54) is 31.2 Å². The SMILES string of the molecule is COc1cccc2c1[nH]c(=S)n2C1CCC(C)CC1. The summed E-state index contributed by atoms with van der Waals surface area (Å²) in [7, 11) is 1.70. The van der Waals surface area contributed by atoms with E-state index >= 15 is 0 Å². The van der Waals surface area contributed by atoms with Crippen LogP contribution in [0.3, 0.4) is 0 Å². The van der Waals surface area contributed by atoms with E-state index in [0.29, 0.717) is 6.04 Å². The Morgan fingerprint density at radius 3 is 2.68 bits per heavy atom. The maximum atomic E-state index is 5.52. The highest BCUT2D eigenvalue weighted by atomic mass is 32.1. The average molecular weight is 276 g/mol. The van der Waals surface area contributed by atoms with Gasteiger partial charge < -0.3 is 14.3 Å². The molecule has 1 N–H and O–H groups in total. The number of H-pyrrole nitrogens is 1. The van der Waals surface area contributed by atoms with Crippen LogP contribution in [0, 0.1) is 10.7 Å². The first-order valence-electron chi connectivity index (χ1n) is 6.98. The molecule has 1 fully saturated rings. The number of rotatable bonds is 2. The molecule has 102 valence electrons. The van der Waals surface area contributed by atoms with Crippen LogP contribution in [0.2, 0.25) is 0 Å². The van der Waals surface area contributed by atoms with Crippen LogP contribution in [0.4, 0.5) is 0 Å². The monoisotopic (exact) mass is 276 g/mol. The predicted octanol–water partition coefficient (Wildman–Crippen LogP) is 4.46. The van der Waals surface area contributed by atoms with Gasteiger partial charge in [0, 0.05) is 6.04 Å². The van der Waals surface area contributed by atoms with Crippen molar-refractivity contribution >= 4 is 23.3 Å². The zero-order valence-electron chi connectivity index (χ0n) is 11.5. The molecule has 0 saturated heterocycles. The molecule has 1 aromatic heterocycles. The number of imidazole rings is 1. The molecule has 3 nitrogen and oxygen atoms in total. The number of para-hydroxylation sites is 1. The minimum atomic E-state index is 0.532. The fourth-order valence-electron chi connectivity index (χ4n) is 3.16. The number of hydrogen-bond donors (Lipinski definition) is 1. The first kappa shape index (κ1) is 12.7.